The lowest BCUT2D eigenvalue weighted by molar-refractivity contribution is 0.222. The monoisotopic (exact) mass is 244 g/mol. The number of pyridine rings is 1. The standard InChI is InChI=1S/C10H17N2O3P/c1-3-15-16(13,8-14-2)7-9-4-5-10(11)12-6-9/h4-6H,3,7-8H2,1-2H3,(H2,11,12). The molecule has 0 amide bonds. The number of nitrogens with two attached hydrogens (primary N) is 1. The van der Waals surface area contributed by atoms with E-state index in [1.807, 2.05) is 6.92 Å². The molecule has 1 aromatic rings. The van der Waals surface area contributed by atoms with Crippen molar-refractivity contribution in [1.82, 2.24) is 4.98 Å². The highest BCUT2D eigenvalue weighted by atomic mass is 31.2. The van der Waals surface area contributed by atoms with Gasteiger partial charge in [0.25, 0.3) is 0 Å². The average molecular weight is 244 g/mol. The highest BCUT2D eigenvalue weighted by molar-refractivity contribution is 7.57. The molecule has 0 aliphatic heterocycles. The van der Waals surface area contributed by atoms with Gasteiger partial charge in [0, 0.05) is 13.3 Å². The summed E-state index contributed by atoms with van der Waals surface area (Å²) in [5.41, 5.74) is 6.31. The van der Waals surface area contributed by atoms with Gasteiger partial charge in [0.05, 0.1) is 12.8 Å². The molecule has 90 valence electrons. The quantitative estimate of drug-likeness (QED) is 0.775. The van der Waals surface area contributed by atoms with Crippen LogP contribution in [-0.4, -0.2) is 25.0 Å². The van der Waals surface area contributed by atoms with Crippen molar-refractivity contribution >= 4 is 13.2 Å². The maximum atomic E-state index is 12.3. The van der Waals surface area contributed by atoms with Gasteiger partial charge in [-0.15, -0.1) is 0 Å². The first-order valence-electron chi connectivity index (χ1n) is 5.01. The molecule has 0 radical (unpaired) electrons. The van der Waals surface area contributed by atoms with E-state index in [0.29, 0.717) is 18.6 Å². The van der Waals surface area contributed by atoms with Crippen molar-refractivity contribution in [3.05, 3.63) is 23.9 Å². The van der Waals surface area contributed by atoms with E-state index in [4.69, 9.17) is 15.0 Å². The van der Waals surface area contributed by atoms with Crippen molar-refractivity contribution in [2.24, 2.45) is 0 Å². The fraction of sp³-hybridized carbons (Fsp3) is 0.500. The van der Waals surface area contributed by atoms with E-state index in [2.05, 4.69) is 4.98 Å². The van der Waals surface area contributed by atoms with Crippen LogP contribution in [0.1, 0.15) is 12.5 Å². The number of anilines is 1. The zero-order valence-corrected chi connectivity index (χ0v) is 10.4. The van der Waals surface area contributed by atoms with Crippen LogP contribution in [0.2, 0.25) is 0 Å². The number of ether oxygens (including phenoxy) is 1. The van der Waals surface area contributed by atoms with Crippen molar-refractivity contribution in [2.45, 2.75) is 13.1 Å². The molecule has 6 heteroatoms. The van der Waals surface area contributed by atoms with Gasteiger partial charge >= 0.3 is 0 Å². The van der Waals surface area contributed by atoms with E-state index < -0.39 is 7.37 Å². The smallest absolute Gasteiger partial charge is 0.232 e. The molecule has 1 unspecified atom stereocenters. The number of nitrogens with zero attached hydrogens (tertiary/aromatic N) is 1. The van der Waals surface area contributed by atoms with Crippen LogP contribution < -0.4 is 5.73 Å². The third kappa shape index (κ3) is 3.93. The van der Waals surface area contributed by atoms with Crippen molar-refractivity contribution in [2.75, 3.05) is 25.8 Å². The number of nitrogen functional groups attached to an aromatic ring is 1. The minimum Gasteiger partial charge on any atom is -0.384 e. The Bertz CT molecular complexity index is 357. The van der Waals surface area contributed by atoms with E-state index in [0.717, 1.165) is 5.56 Å². The van der Waals surface area contributed by atoms with Gasteiger partial charge in [-0.2, -0.15) is 0 Å². The van der Waals surface area contributed by atoms with E-state index in [9.17, 15) is 4.57 Å². The van der Waals surface area contributed by atoms with Crippen LogP contribution >= 0.6 is 7.37 Å². The van der Waals surface area contributed by atoms with Crippen LogP contribution in [0, 0.1) is 0 Å². The predicted molar refractivity (Wildman–Crippen MR) is 63.5 cm³/mol. The van der Waals surface area contributed by atoms with E-state index >= 15 is 0 Å². The molecular weight excluding hydrogens is 227 g/mol. The molecule has 0 bridgehead atoms. The van der Waals surface area contributed by atoms with Gasteiger partial charge in [-0.05, 0) is 18.6 Å². The second-order valence-corrected chi connectivity index (χ2v) is 5.86. The minimum absolute atomic E-state index is 0.116. The van der Waals surface area contributed by atoms with Gasteiger partial charge in [-0.25, -0.2) is 4.98 Å². The maximum Gasteiger partial charge on any atom is 0.232 e. The molecule has 0 aliphatic carbocycles. The Balaban J connectivity index is 2.75. The molecule has 2 N–H and O–H groups in total. The summed E-state index contributed by atoms with van der Waals surface area (Å²) in [4.78, 5) is 3.94. The van der Waals surface area contributed by atoms with Crippen LogP contribution in [0.3, 0.4) is 0 Å². The van der Waals surface area contributed by atoms with Gasteiger partial charge in [0.15, 0.2) is 0 Å². The van der Waals surface area contributed by atoms with Gasteiger partial charge in [-0.1, -0.05) is 6.07 Å². The lowest BCUT2D eigenvalue weighted by atomic mass is 10.3. The lowest BCUT2D eigenvalue weighted by Gasteiger charge is -2.16. The lowest BCUT2D eigenvalue weighted by Crippen LogP contribution is -2.01. The third-order valence-electron chi connectivity index (χ3n) is 1.96. The molecule has 1 heterocycles. The molecule has 0 aliphatic rings. The summed E-state index contributed by atoms with van der Waals surface area (Å²) < 4.78 is 22.5. The Kier molecular flexibility index (Phi) is 4.93. The Hall–Kier alpha value is -0.900. The highest BCUT2D eigenvalue weighted by Gasteiger charge is 2.23. The van der Waals surface area contributed by atoms with Gasteiger partial charge in [-0.3, -0.25) is 4.57 Å². The summed E-state index contributed by atoms with van der Waals surface area (Å²) in [7, 11) is -1.25. The summed E-state index contributed by atoms with van der Waals surface area (Å²) in [5, 5.41) is 0. The Morgan fingerprint density at radius 1 is 1.50 bits per heavy atom. The maximum absolute atomic E-state index is 12.3. The van der Waals surface area contributed by atoms with E-state index in [-0.39, 0.29) is 6.35 Å². The predicted octanol–water partition coefficient (Wildman–Crippen LogP) is 2.08. The summed E-state index contributed by atoms with van der Waals surface area (Å²) in [6.07, 6.45) is 2.05. The van der Waals surface area contributed by atoms with E-state index in [1.165, 1.54) is 7.11 Å². The topological polar surface area (TPSA) is 74.4 Å². The molecule has 1 aromatic heterocycles. The van der Waals surface area contributed by atoms with Crippen molar-refractivity contribution < 1.29 is 13.8 Å². The molecule has 1 atom stereocenters. The average Bonchev–Trinajstić information content (AvgIpc) is 2.22. The first-order valence-corrected chi connectivity index (χ1v) is 7.01. The molecule has 0 fully saturated rings. The van der Waals surface area contributed by atoms with Gasteiger partial charge in [0.2, 0.25) is 7.37 Å². The fourth-order valence-corrected chi connectivity index (χ4v) is 3.23. The highest BCUT2D eigenvalue weighted by Crippen LogP contribution is 2.49. The molecule has 0 saturated heterocycles. The Morgan fingerprint density at radius 2 is 2.25 bits per heavy atom. The summed E-state index contributed by atoms with van der Waals surface area (Å²) in [6, 6.07) is 3.47. The van der Waals surface area contributed by atoms with Crippen LogP contribution in [0.25, 0.3) is 0 Å². The molecular formula is C10H17N2O3P. The third-order valence-corrected chi connectivity index (χ3v) is 4.19. The number of hydrogen-bond acceptors (Lipinski definition) is 5. The first kappa shape index (κ1) is 13.2. The normalized spacial score (nSPS) is 14.6. The first-order chi connectivity index (χ1) is 7.59. The molecule has 5 nitrogen and oxygen atoms in total. The minimum atomic E-state index is -2.76. The largest absolute Gasteiger partial charge is 0.384 e. The van der Waals surface area contributed by atoms with Gasteiger partial charge < -0.3 is 15.0 Å². The zero-order valence-electron chi connectivity index (χ0n) is 9.55. The number of hydrogen-bond donors (Lipinski definition) is 1. The Morgan fingerprint density at radius 3 is 2.75 bits per heavy atom. The molecule has 16 heavy (non-hydrogen) atoms. The van der Waals surface area contributed by atoms with Crippen LogP contribution in [-0.2, 0) is 20.0 Å². The van der Waals surface area contributed by atoms with Crippen molar-refractivity contribution in [3.63, 3.8) is 0 Å². The van der Waals surface area contributed by atoms with Crippen LogP contribution in [0.15, 0.2) is 18.3 Å². The number of rotatable bonds is 6. The number of methoxy groups -OCH3 is 1. The summed E-state index contributed by atoms with van der Waals surface area (Å²) in [6.45, 7) is 2.21. The second-order valence-electron chi connectivity index (χ2n) is 3.40. The van der Waals surface area contributed by atoms with Crippen LogP contribution in [0.5, 0.6) is 0 Å². The number of aromatic nitrogens is 1. The Labute approximate surface area is 95.4 Å². The SMILES string of the molecule is CCOP(=O)(COC)Cc1ccc(N)nc1. The molecule has 0 aromatic carbocycles. The van der Waals surface area contributed by atoms with Crippen LogP contribution in [0.4, 0.5) is 5.82 Å². The molecule has 0 spiro atoms. The summed E-state index contributed by atoms with van der Waals surface area (Å²) in [5.74, 6) is 0.446. The van der Waals surface area contributed by atoms with E-state index in [1.54, 1.807) is 18.3 Å². The molecule has 1 rings (SSSR count). The van der Waals surface area contributed by atoms with Crippen molar-refractivity contribution in [3.8, 4) is 0 Å². The zero-order chi connectivity index (χ0) is 12.0. The second kappa shape index (κ2) is 5.99. The fourth-order valence-electron chi connectivity index (χ4n) is 1.37. The van der Waals surface area contributed by atoms with Crippen molar-refractivity contribution in [1.29, 1.82) is 0 Å². The molecule has 0 saturated carbocycles. The van der Waals surface area contributed by atoms with Gasteiger partial charge in [0.1, 0.15) is 12.2 Å². The summed E-state index contributed by atoms with van der Waals surface area (Å²) >= 11 is 0.